The fourth-order valence-electron chi connectivity index (χ4n) is 3.28. The van der Waals surface area contributed by atoms with Crippen LogP contribution >= 0.6 is 11.6 Å². The molecule has 0 radical (unpaired) electrons. The Kier molecular flexibility index (Phi) is 4.48. The molecule has 114 valence electrons. The first-order valence-corrected chi connectivity index (χ1v) is 8.03. The highest BCUT2D eigenvalue weighted by molar-refractivity contribution is 6.30. The number of piperazine rings is 1. The van der Waals surface area contributed by atoms with E-state index in [2.05, 4.69) is 10.2 Å². The van der Waals surface area contributed by atoms with Gasteiger partial charge in [-0.2, -0.15) is 0 Å². The summed E-state index contributed by atoms with van der Waals surface area (Å²) in [4.78, 5) is 17.1. The molecule has 2 fully saturated rings. The SMILES string of the molecule is Cc1cc(Cl)ccc1C(=O)N1CCN(C2CCNC2)CC1. The van der Waals surface area contributed by atoms with Crippen LogP contribution in [0.2, 0.25) is 5.02 Å². The van der Waals surface area contributed by atoms with Gasteiger partial charge in [-0.25, -0.2) is 0 Å². The van der Waals surface area contributed by atoms with E-state index in [9.17, 15) is 4.79 Å². The fourth-order valence-corrected chi connectivity index (χ4v) is 3.51. The molecule has 3 rings (SSSR count). The van der Waals surface area contributed by atoms with Crippen LogP contribution in [0.25, 0.3) is 0 Å². The zero-order chi connectivity index (χ0) is 14.8. The van der Waals surface area contributed by atoms with Gasteiger partial charge in [0.1, 0.15) is 0 Å². The minimum atomic E-state index is 0.133. The summed E-state index contributed by atoms with van der Waals surface area (Å²) >= 11 is 5.96. The van der Waals surface area contributed by atoms with E-state index in [4.69, 9.17) is 11.6 Å². The second kappa shape index (κ2) is 6.34. The van der Waals surface area contributed by atoms with Crippen molar-refractivity contribution in [3.8, 4) is 0 Å². The van der Waals surface area contributed by atoms with Crippen molar-refractivity contribution in [3.05, 3.63) is 34.3 Å². The zero-order valence-electron chi connectivity index (χ0n) is 12.4. The lowest BCUT2D eigenvalue weighted by atomic mass is 10.1. The Morgan fingerprint density at radius 2 is 2.05 bits per heavy atom. The van der Waals surface area contributed by atoms with Gasteiger partial charge in [-0.05, 0) is 43.7 Å². The summed E-state index contributed by atoms with van der Waals surface area (Å²) in [5, 5.41) is 4.09. The average molecular weight is 308 g/mol. The maximum Gasteiger partial charge on any atom is 0.254 e. The first kappa shape index (κ1) is 14.8. The smallest absolute Gasteiger partial charge is 0.254 e. The summed E-state index contributed by atoms with van der Waals surface area (Å²) in [7, 11) is 0. The Hall–Kier alpha value is -1.10. The highest BCUT2D eigenvalue weighted by Gasteiger charge is 2.28. The molecule has 1 aromatic carbocycles. The quantitative estimate of drug-likeness (QED) is 0.904. The molecular weight excluding hydrogens is 286 g/mol. The summed E-state index contributed by atoms with van der Waals surface area (Å²) in [5.74, 6) is 0.133. The number of aryl methyl sites for hydroxylation is 1. The van der Waals surface area contributed by atoms with Gasteiger partial charge in [-0.1, -0.05) is 11.6 Å². The maximum atomic E-state index is 12.6. The molecule has 2 heterocycles. The minimum Gasteiger partial charge on any atom is -0.336 e. The first-order chi connectivity index (χ1) is 10.1. The predicted octanol–water partition coefficient (Wildman–Crippen LogP) is 1.77. The van der Waals surface area contributed by atoms with Gasteiger partial charge >= 0.3 is 0 Å². The molecule has 4 nitrogen and oxygen atoms in total. The Bertz CT molecular complexity index is 520. The molecule has 2 aliphatic rings. The monoisotopic (exact) mass is 307 g/mol. The van der Waals surface area contributed by atoms with Crippen LogP contribution in [0.5, 0.6) is 0 Å². The normalized spacial score (nSPS) is 23.5. The zero-order valence-corrected chi connectivity index (χ0v) is 13.2. The molecule has 0 aromatic heterocycles. The summed E-state index contributed by atoms with van der Waals surface area (Å²) in [6.07, 6.45) is 1.23. The van der Waals surface area contributed by atoms with Crippen molar-refractivity contribution < 1.29 is 4.79 Å². The van der Waals surface area contributed by atoms with Crippen molar-refractivity contribution in [3.63, 3.8) is 0 Å². The standard InChI is InChI=1S/C16H22ClN3O/c1-12-10-13(17)2-3-15(12)16(21)20-8-6-19(7-9-20)14-4-5-18-11-14/h2-3,10,14,18H,4-9,11H2,1H3. The van der Waals surface area contributed by atoms with Gasteiger partial charge in [-0.3, -0.25) is 9.69 Å². The van der Waals surface area contributed by atoms with Crippen molar-refractivity contribution in [2.75, 3.05) is 39.3 Å². The fraction of sp³-hybridized carbons (Fsp3) is 0.562. The van der Waals surface area contributed by atoms with Crippen LogP contribution in [0.15, 0.2) is 18.2 Å². The summed E-state index contributed by atoms with van der Waals surface area (Å²) in [6.45, 7) is 7.74. The van der Waals surface area contributed by atoms with Crippen LogP contribution in [-0.4, -0.2) is 61.0 Å². The van der Waals surface area contributed by atoms with E-state index in [1.165, 1.54) is 6.42 Å². The van der Waals surface area contributed by atoms with Gasteiger partial charge in [0.15, 0.2) is 0 Å². The Labute approximate surface area is 131 Å². The molecule has 1 amide bonds. The lowest BCUT2D eigenvalue weighted by molar-refractivity contribution is 0.0583. The number of rotatable bonds is 2. The predicted molar refractivity (Wildman–Crippen MR) is 84.9 cm³/mol. The molecule has 0 bridgehead atoms. The van der Waals surface area contributed by atoms with Crippen LogP contribution < -0.4 is 5.32 Å². The molecule has 1 atom stereocenters. The molecule has 0 saturated carbocycles. The van der Waals surface area contributed by atoms with Crippen LogP contribution in [0.1, 0.15) is 22.3 Å². The second-order valence-corrected chi connectivity index (χ2v) is 6.37. The Morgan fingerprint density at radius 3 is 2.67 bits per heavy atom. The number of benzene rings is 1. The number of nitrogens with one attached hydrogen (secondary N) is 1. The third kappa shape index (κ3) is 3.23. The number of halogens is 1. The van der Waals surface area contributed by atoms with Crippen molar-refractivity contribution in [2.45, 2.75) is 19.4 Å². The van der Waals surface area contributed by atoms with E-state index in [-0.39, 0.29) is 5.91 Å². The number of nitrogens with zero attached hydrogens (tertiary/aromatic N) is 2. The van der Waals surface area contributed by atoms with Crippen molar-refractivity contribution in [1.29, 1.82) is 0 Å². The van der Waals surface area contributed by atoms with E-state index in [1.54, 1.807) is 6.07 Å². The van der Waals surface area contributed by atoms with Crippen molar-refractivity contribution in [1.82, 2.24) is 15.1 Å². The highest BCUT2D eigenvalue weighted by atomic mass is 35.5. The Morgan fingerprint density at radius 1 is 1.29 bits per heavy atom. The lowest BCUT2D eigenvalue weighted by Crippen LogP contribution is -2.52. The number of amides is 1. The maximum absolute atomic E-state index is 12.6. The number of hydrogen-bond donors (Lipinski definition) is 1. The molecule has 1 unspecified atom stereocenters. The third-order valence-corrected chi connectivity index (χ3v) is 4.81. The van der Waals surface area contributed by atoms with Crippen molar-refractivity contribution >= 4 is 17.5 Å². The van der Waals surface area contributed by atoms with E-state index < -0.39 is 0 Å². The van der Waals surface area contributed by atoms with E-state index >= 15 is 0 Å². The van der Waals surface area contributed by atoms with Gasteiger partial charge in [0.2, 0.25) is 0 Å². The highest BCUT2D eigenvalue weighted by Crippen LogP contribution is 2.19. The molecule has 2 aliphatic heterocycles. The molecular formula is C16H22ClN3O. The molecule has 1 aromatic rings. The molecule has 0 aliphatic carbocycles. The Balaban J connectivity index is 1.62. The molecule has 5 heteroatoms. The summed E-state index contributed by atoms with van der Waals surface area (Å²) in [5.41, 5.74) is 1.73. The van der Waals surface area contributed by atoms with Gasteiger partial charge in [-0.15, -0.1) is 0 Å². The van der Waals surface area contributed by atoms with Crippen LogP contribution in [-0.2, 0) is 0 Å². The second-order valence-electron chi connectivity index (χ2n) is 5.93. The van der Waals surface area contributed by atoms with Crippen molar-refractivity contribution in [2.24, 2.45) is 0 Å². The molecule has 1 N–H and O–H groups in total. The largest absolute Gasteiger partial charge is 0.336 e. The molecule has 21 heavy (non-hydrogen) atoms. The molecule has 0 spiro atoms. The third-order valence-electron chi connectivity index (χ3n) is 4.57. The van der Waals surface area contributed by atoms with Crippen LogP contribution in [0, 0.1) is 6.92 Å². The van der Waals surface area contributed by atoms with E-state index in [0.717, 1.165) is 50.4 Å². The number of carbonyl (C=O) groups is 1. The van der Waals surface area contributed by atoms with Gasteiger partial charge in [0, 0.05) is 49.4 Å². The van der Waals surface area contributed by atoms with Crippen LogP contribution in [0.3, 0.4) is 0 Å². The van der Waals surface area contributed by atoms with Gasteiger partial charge in [0.05, 0.1) is 0 Å². The average Bonchev–Trinajstić information content (AvgIpc) is 3.01. The number of carbonyl (C=O) groups excluding carboxylic acids is 1. The van der Waals surface area contributed by atoms with Crippen LogP contribution in [0.4, 0.5) is 0 Å². The minimum absolute atomic E-state index is 0.133. The van der Waals surface area contributed by atoms with E-state index in [1.807, 2.05) is 24.0 Å². The number of hydrogen-bond acceptors (Lipinski definition) is 3. The summed E-state index contributed by atoms with van der Waals surface area (Å²) in [6, 6.07) is 6.14. The van der Waals surface area contributed by atoms with Gasteiger partial charge in [0.25, 0.3) is 5.91 Å². The topological polar surface area (TPSA) is 35.6 Å². The lowest BCUT2D eigenvalue weighted by Gasteiger charge is -2.38. The first-order valence-electron chi connectivity index (χ1n) is 7.65. The van der Waals surface area contributed by atoms with Gasteiger partial charge < -0.3 is 10.2 Å². The van der Waals surface area contributed by atoms with E-state index in [0.29, 0.717) is 11.1 Å². The molecule has 2 saturated heterocycles. The summed E-state index contributed by atoms with van der Waals surface area (Å²) < 4.78 is 0.